The van der Waals surface area contributed by atoms with E-state index in [1.807, 2.05) is 13.0 Å². The van der Waals surface area contributed by atoms with Crippen LogP contribution in [0, 0.1) is 5.41 Å². The molecule has 3 rings (SSSR count). The van der Waals surface area contributed by atoms with Gasteiger partial charge < -0.3 is 10.1 Å². The molecule has 1 atom stereocenters. The van der Waals surface area contributed by atoms with E-state index in [0.717, 1.165) is 29.5 Å². The van der Waals surface area contributed by atoms with Gasteiger partial charge in [0.05, 0.1) is 12.5 Å². The molecule has 96 valence electrons. The molecule has 1 fully saturated rings. The molecule has 3 nitrogen and oxygen atoms in total. The van der Waals surface area contributed by atoms with E-state index < -0.39 is 5.41 Å². The van der Waals surface area contributed by atoms with Crippen molar-refractivity contribution in [2.75, 3.05) is 20.2 Å². The lowest BCUT2D eigenvalue weighted by Crippen LogP contribution is -2.64. The maximum absolute atomic E-state index is 12.4. The molecule has 0 amide bonds. The van der Waals surface area contributed by atoms with Crippen LogP contribution >= 0.6 is 15.9 Å². The molecule has 1 spiro atoms. The largest absolute Gasteiger partial charge is 0.468 e. The van der Waals surface area contributed by atoms with E-state index in [-0.39, 0.29) is 11.4 Å². The summed E-state index contributed by atoms with van der Waals surface area (Å²) in [7, 11) is 1.48. The van der Waals surface area contributed by atoms with Crippen LogP contribution in [-0.4, -0.2) is 26.2 Å². The van der Waals surface area contributed by atoms with Crippen molar-refractivity contribution in [3.05, 3.63) is 33.8 Å². The number of hydrogen-bond donors (Lipinski definition) is 1. The van der Waals surface area contributed by atoms with E-state index in [1.165, 1.54) is 12.7 Å². The van der Waals surface area contributed by atoms with E-state index in [0.29, 0.717) is 0 Å². The molecule has 1 aliphatic carbocycles. The van der Waals surface area contributed by atoms with Crippen molar-refractivity contribution >= 4 is 21.9 Å². The van der Waals surface area contributed by atoms with Crippen LogP contribution in [0.2, 0.25) is 0 Å². The first-order valence-electron chi connectivity index (χ1n) is 6.11. The summed E-state index contributed by atoms with van der Waals surface area (Å²) in [6.45, 7) is 3.79. The third kappa shape index (κ3) is 1.30. The fraction of sp³-hybridized carbons (Fsp3) is 0.500. The van der Waals surface area contributed by atoms with Gasteiger partial charge >= 0.3 is 5.97 Å². The van der Waals surface area contributed by atoms with E-state index in [4.69, 9.17) is 4.74 Å². The van der Waals surface area contributed by atoms with Crippen LogP contribution in [0.4, 0.5) is 0 Å². The van der Waals surface area contributed by atoms with Crippen LogP contribution in [0.15, 0.2) is 22.7 Å². The van der Waals surface area contributed by atoms with Crippen molar-refractivity contribution in [2.24, 2.45) is 5.41 Å². The summed E-state index contributed by atoms with van der Waals surface area (Å²) in [6.07, 6.45) is 0.953. The summed E-state index contributed by atoms with van der Waals surface area (Å²) in [5, 5.41) is 3.31. The Morgan fingerprint density at radius 1 is 1.44 bits per heavy atom. The molecule has 1 saturated heterocycles. The zero-order valence-corrected chi connectivity index (χ0v) is 12.1. The van der Waals surface area contributed by atoms with Crippen LogP contribution in [0.3, 0.4) is 0 Å². The number of methoxy groups -OCH3 is 1. The minimum atomic E-state index is -0.536. The quantitative estimate of drug-likeness (QED) is 0.807. The van der Waals surface area contributed by atoms with E-state index >= 15 is 0 Å². The molecule has 0 aromatic heterocycles. The van der Waals surface area contributed by atoms with Gasteiger partial charge in [-0.3, -0.25) is 4.79 Å². The molecule has 1 N–H and O–H groups in total. The number of fused-ring (bicyclic) bond motifs is 1. The fourth-order valence-corrected chi connectivity index (χ4v) is 3.79. The van der Waals surface area contributed by atoms with Gasteiger partial charge in [0.25, 0.3) is 0 Å². The van der Waals surface area contributed by atoms with Crippen molar-refractivity contribution in [1.82, 2.24) is 5.32 Å². The van der Waals surface area contributed by atoms with Gasteiger partial charge in [-0.05, 0) is 36.6 Å². The standard InChI is InChI=1S/C14H16BrNO2/c1-13(12(17)18-2)11-5-10(15)4-3-9(11)6-14(13)7-16-8-14/h3-5,16H,6-8H2,1-2H3. The van der Waals surface area contributed by atoms with Crippen molar-refractivity contribution in [3.63, 3.8) is 0 Å². The summed E-state index contributed by atoms with van der Waals surface area (Å²) in [6, 6.07) is 6.23. The van der Waals surface area contributed by atoms with E-state index in [1.54, 1.807) is 0 Å². The Balaban J connectivity index is 2.19. The van der Waals surface area contributed by atoms with Crippen LogP contribution < -0.4 is 5.32 Å². The lowest BCUT2D eigenvalue weighted by atomic mass is 9.61. The summed E-state index contributed by atoms with van der Waals surface area (Å²) in [4.78, 5) is 12.4. The summed E-state index contributed by atoms with van der Waals surface area (Å²) in [5.74, 6) is -0.124. The lowest BCUT2D eigenvalue weighted by molar-refractivity contribution is -0.154. The zero-order chi connectivity index (χ0) is 13.0. The van der Waals surface area contributed by atoms with Gasteiger partial charge in [-0.1, -0.05) is 22.0 Å². The average Bonchev–Trinajstić information content (AvgIpc) is 2.59. The van der Waals surface area contributed by atoms with Crippen molar-refractivity contribution in [2.45, 2.75) is 18.8 Å². The minimum absolute atomic E-state index is 0.0107. The number of esters is 1. The van der Waals surface area contributed by atoms with Gasteiger partial charge in [0, 0.05) is 23.0 Å². The zero-order valence-electron chi connectivity index (χ0n) is 10.5. The molecule has 1 heterocycles. The molecule has 0 saturated carbocycles. The Kier molecular flexibility index (Phi) is 2.58. The summed E-state index contributed by atoms with van der Waals surface area (Å²) >= 11 is 3.50. The van der Waals surface area contributed by atoms with Crippen LogP contribution in [0.5, 0.6) is 0 Å². The minimum Gasteiger partial charge on any atom is -0.468 e. The van der Waals surface area contributed by atoms with Gasteiger partial charge in [-0.2, -0.15) is 0 Å². The Morgan fingerprint density at radius 2 is 2.17 bits per heavy atom. The molecule has 0 radical (unpaired) electrons. The Morgan fingerprint density at radius 3 is 2.72 bits per heavy atom. The number of halogens is 1. The van der Waals surface area contributed by atoms with E-state index in [2.05, 4.69) is 33.4 Å². The maximum atomic E-state index is 12.4. The molecule has 1 unspecified atom stereocenters. The third-order valence-electron chi connectivity index (χ3n) is 4.72. The predicted octanol–water partition coefficient (Wildman–Crippen LogP) is 2.03. The second-order valence-electron chi connectivity index (χ2n) is 5.48. The molecule has 1 aromatic carbocycles. The highest BCUT2D eigenvalue weighted by Gasteiger charge is 2.62. The highest BCUT2D eigenvalue weighted by atomic mass is 79.9. The first-order chi connectivity index (χ1) is 8.53. The smallest absolute Gasteiger partial charge is 0.316 e. The molecular weight excluding hydrogens is 294 g/mol. The number of rotatable bonds is 1. The number of carbonyl (C=O) groups excluding carboxylic acids is 1. The Labute approximate surface area is 115 Å². The molecule has 18 heavy (non-hydrogen) atoms. The van der Waals surface area contributed by atoms with E-state index in [9.17, 15) is 4.79 Å². The first kappa shape index (κ1) is 12.2. The monoisotopic (exact) mass is 309 g/mol. The van der Waals surface area contributed by atoms with Gasteiger partial charge in [0.15, 0.2) is 0 Å². The molecule has 1 aliphatic heterocycles. The van der Waals surface area contributed by atoms with Crippen molar-refractivity contribution in [3.8, 4) is 0 Å². The number of benzene rings is 1. The SMILES string of the molecule is COC(=O)C1(C)c2cc(Br)ccc2CC12CNC2. The highest BCUT2D eigenvalue weighted by molar-refractivity contribution is 9.10. The lowest BCUT2D eigenvalue weighted by Gasteiger charge is -2.49. The Bertz CT molecular complexity index is 525. The maximum Gasteiger partial charge on any atom is 0.316 e. The molecule has 4 heteroatoms. The third-order valence-corrected chi connectivity index (χ3v) is 5.21. The molecular formula is C14H16BrNO2. The van der Waals surface area contributed by atoms with Crippen LogP contribution in [-0.2, 0) is 21.4 Å². The fourth-order valence-electron chi connectivity index (χ4n) is 3.43. The topological polar surface area (TPSA) is 38.3 Å². The van der Waals surface area contributed by atoms with Crippen LogP contribution in [0.25, 0.3) is 0 Å². The van der Waals surface area contributed by atoms with Crippen LogP contribution in [0.1, 0.15) is 18.1 Å². The number of carbonyl (C=O) groups is 1. The van der Waals surface area contributed by atoms with Crippen molar-refractivity contribution in [1.29, 1.82) is 0 Å². The summed E-state index contributed by atoms with van der Waals surface area (Å²) < 4.78 is 6.10. The normalized spacial score (nSPS) is 27.7. The first-order valence-corrected chi connectivity index (χ1v) is 6.91. The number of nitrogens with one attached hydrogen (secondary N) is 1. The second kappa shape index (κ2) is 3.81. The highest BCUT2D eigenvalue weighted by Crippen LogP contribution is 2.54. The second-order valence-corrected chi connectivity index (χ2v) is 6.39. The summed E-state index contributed by atoms with van der Waals surface area (Å²) in [5.41, 5.74) is 1.84. The number of ether oxygens (including phenoxy) is 1. The van der Waals surface area contributed by atoms with Gasteiger partial charge in [0.1, 0.15) is 0 Å². The van der Waals surface area contributed by atoms with Crippen molar-refractivity contribution < 1.29 is 9.53 Å². The molecule has 2 aliphatic rings. The Hall–Kier alpha value is -0.870. The molecule has 0 bridgehead atoms. The average molecular weight is 310 g/mol. The number of hydrogen-bond acceptors (Lipinski definition) is 3. The van der Waals surface area contributed by atoms with Gasteiger partial charge in [0.2, 0.25) is 0 Å². The predicted molar refractivity (Wildman–Crippen MR) is 72.5 cm³/mol. The van der Waals surface area contributed by atoms with Gasteiger partial charge in [-0.15, -0.1) is 0 Å². The van der Waals surface area contributed by atoms with Gasteiger partial charge in [-0.25, -0.2) is 0 Å². The molecule has 1 aromatic rings.